The third-order valence-corrected chi connectivity index (χ3v) is 4.25. The van der Waals surface area contributed by atoms with Gasteiger partial charge in [0.2, 0.25) is 5.91 Å². The number of rotatable bonds is 8. The van der Waals surface area contributed by atoms with E-state index in [0.717, 1.165) is 12.4 Å². The first-order valence-electron chi connectivity index (χ1n) is 8.76. The van der Waals surface area contributed by atoms with Crippen LogP contribution < -0.4 is 5.32 Å². The van der Waals surface area contributed by atoms with Gasteiger partial charge in [-0.15, -0.1) is 0 Å². The van der Waals surface area contributed by atoms with Crippen LogP contribution in [-0.4, -0.2) is 22.0 Å². The molecular formula is C21H22FN3O. The zero-order valence-corrected chi connectivity index (χ0v) is 14.6. The number of hydrogen-bond donors (Lipinski definition) is 1. The lowest BCUT2D eigenvalue weighted by atomic mass is 10.1. The molecule has 0 aliphatic rings. The normalized spacial score (nSPS) is 10.7. The van der Waals surface area contributed by atoms with Crippen molar-refractivity contribution in [3.05, 3.63) is 89.8 Å². The van der Waals surface area contributed by atoms with E-state index in [0.29, 0.717) is 24.9 Å². The van der Waals surface area contributed by atoms with Crippen molar-refractivity contribution in [3.63, 3.8) is 0 Å². The number of halogens is 1. The van der Waals surface area contributed by atoms with E-state index in [1.54, 1.807) is 24.4 Å². The molecule has 0 atom stereocenters. The molecular weight excluding hydrogens is 329 g/mol. The van der Waals surface area contributed by atoms with E-state index in [1.807, 2.05) is 24.4 Å². The monoisotopic (exact) mass is 351 g/mol. The summed E-state index contributed by atoms with van der Waals surface area (Å²) in [5, 5.41) is 2.89. The minimum atomic E-state index is -0.261. The summed E-state index contributed by atoms with van der Waals surface area (Å²) in [5.41, 5.74) is 1.78. The molecule has 1 amide bonds. The number of nitrogens with zero attached hydrogens (tertiary/aromatic N) is 2. The van der Waals surface area contributed by atoms with E-state index in [4.69, 9.17) is 0 Å². The van der Waals surface area contributed by atoms with Crippen molar-refractivity contribution in [2.24, 2.45) is 0 Å². The molecule has 0 aliphatic carbocycles. The third kappa shape index (κ3) is 5.02. The van der Waals surface area contributed by atoms with Gasteiger partial charge in [-0.25, -0.2) is 9.37 Å². The van der Waals surface area contributed by atoms with Crippen molar-refractivity contribution in [3.8, 4) is 0 Å². The summed E-state index contributed by atoms with van der Waals surface area (Å²) < 4.78 is 15.6. The van der Waals surface area contributed by atoms with Crippen LogP contribution in [0.3, 0.4) is 0 Å². The Bertz CT molecular complexity index is 845. The molecule has 1 aromatic heterocycles. The van der Waals surface area contributed by atoms with E-state index in [-0.39, 0.29) is 18.1 Å². The number of amides is 1. The second-order valence-electron chi connectivity index (χ2n) is 6.15. The molecule has 0 radical (unpaired) electrons. The maximum Gasteiger partial charge on any atom is 0.220 e. The van der Waals surface area contributed by atoms with Crippen molar-refractivity contribution < 1.29 is 9.18 Å². The Morgan fingerprint density at radius 1 is 1.04 bits per heavy atom. The molecule has 2 aromatic carbocycles. The van der Waals surface area contributed by atoms with Crippen LogP contribution in [0.4, 0.5) is 4.39 Å². The predicted octanol–water partition coefficient (Wildman–Crippen LogP) is 3.36. The van der Waals surface area contributed by atoms with Crippen LogP contribution in [0.2, 0.25) is 0 Å². The fraction of sp³-hybridized carbons (Fsp3) is 0.238. The molecule has 3 rings (SSSR count). The van der Waals surface area contributed by atoms with E-state index >= 15 is 0 Å². The van der Waals surface area contributed by atoms with E-state index in [1.165, 1.54) is 11.6 Å². The molecule has 26 heavy (non-hydrogen) atoms. The fourth-order valence-corrected chi connectivity index (χ4v) is 2.84. The average Bonchev–Trinajstić information content (AvgIpc) is 3.09. The number of aromatic nitrogens is 2. The molecule has 5 heteroatoms. The maximum absolute atomic E-state index is 13.6. The molecule has 1 heterocycles. The van der Waals surface area contributed by atoms with Crippen molar-refractivity contribution in [2.75, 3.05) is 6.54 Å². The standard InChI is InChI=1S/C21H22FN3O/c22-19-9-5-4-8-18(19)10-11-21(26)24-13-12-20-23-14-15-25(20)16-17-6-2-1-3-7-17/h1-9,14-15H,10-13,16H2,(H,24,26). The Balaban J connectivity index is 1.44. The van der Waals surface area contributed by atoms with E-state index in [9.17, 15) is 9.18 Å². The summed E-state index contributed by atoms with van der Waals surface area (Å²) in [5.74, 6) is 0.598. The summed E-state index contributed by atoms with van der Waals surface area (Å²) in [4.78, 5) is 16.3. The van der Waals surface area contributed by atoms with E-state index in [2.05, 4.69) is 27.0 Å². The number of carbonyl (C=O) groups is 1. The minimum Gasteiger partial charge on any atom is -0.356 e. The van der Waals surface area contributed by atoms with Gasteiger partial charge < -0.3 is 9.88 Å². The van der Waals surface area contributed by atoms with Crippen LogP contribution in [0.1, 0.15) is 23.4 Å². The van der Waals surface area contributed by atoms with Gasteiger partial charge in [0.1, 0.15) is 11.6 Å². The van der Waals surface area contributed by atoms with Gasteiger partial charge in [0.25, 0.3) is 0 Å². The average molecular weight is 351 g/mol. The Morgan fingerprint density at radius 2 is 1.81 bits per heavy atom. The molecule has 0 fully saturated rings. The predicted molar refractivity (Wildman–Crippen MR) is 99.2 cm³/mol. The lowest BCUT2D eigenvalue weighted by Crippen LogP contribution is -2.26. The number of hydrogen-bond acceptors (Lipinski definition) is 2. The molecule has 0 unspecified atom stereocenters. The minimum absolute atomic E-state index is 0.0746. The maximum atomic E-state index is 13.6. The highest BCUT2D eigenvalue weighted by Gasteiger charge is 2.07. The summed E-state index contributed by atoms with van der Waals surface area (Å²) >= 11 is 0. The zero-order chi connectivity index (χ0) is 18.2. The lowest BCUT2D eigenvalue weighted by Gasteiger charge is -2.09. The summed E-state index contributed by atoms with van der Waals surface area (Å²) in [7, 11) is 0. The Labute approximate surface area is 152 Å². The van der Waals surface area contributed by atoms with Crippen molar-refractivity contribution in [1.82, 2.24) is 14.9 Å². The smallest absolute Gasteiger partial charge is 0.220 e. The Hall–Kier alpha value is -2.95. The highest BCUT2D eigenvalue weighted by atomic mass is 19.1. The van der Waals surface area contributed by atoms with Gasteiger partial charge >= 0.3 is 0 Å². The summed E-state index contributed by atoms with van der Waals surface area (Å²) in [6.45, 7) is 1.28. The van der Waals surface area contributed by atoms with Crippen LogP contribution in [0.5, 0.6) is 0 Å². The van der Waals surface area contributed by atoms with Gasteiger partial charge in [-0.05, 0) is 23.6 Å². The first-order chi connectivity index (χ1) is 12.7. The molecule has 0 saturated heterocycles. The Morgan fingerprint density at radius 3 is 2.62 bits per heavy atom. The fourth-order valence-electron chi connectivity index (χ4n) is 2.84. The second kappa shape index (κ2) is 8.94. The Kier molecular flexibility index (Phi) is 6.14. The number of imidazole rings is 1. The summed E-state index contributed by atoms with van der Waals surface area (Å²) in [6.07, 6.45) is 5.06. The SMILES string of the molecule is O=C(CCc1ccccc1F)NCCc1nccn1Cc1ccccc1. The number of nitrogens with one attached hydrogen (secondary N) is 1. The molecule has 0 saturated carbocycles. The number of benzene rings is 2. The van der Waals surface area contributed by atoms with Gasteiger partial charge in [-0.2, -0.15) is 0 Å². The van der Waals surface area contributed by atoms with Gasteiger partial charge in [0.15, 0.2) is 0 Å². The summed E-state index contributed by atoms with van der Waals surface area (Å²) in [6, 6.07) is 16.7. The van der Waals surface area contributed by atoms with Gasteiger partial charge in [-0.3, -0.25) is 4.79 Å². The molecule has 0 aliphatic heterocycles. The number of aryl methyl sites for hydroxylation is 1. The molecule has 3 aromatic rings. The molecule has 0 bridgehead atoms. The van der Waals surface area contributed by atoms with Gasteiger partial charge in [-0.1, -0.05) is 48.5 Å². The number of carbonyl (C=O) groups excluding carboxylic acids is 1. The molecule has 134 valence electrons. The highest BCUT2D eigenvalue weighted by molar-refractivity contribution is 5.76. The molecule has 0 spiro atoms. The van der Waals surface area contributed by atoms with Gasteiger partial charge in [0, 0.05) is 38.3 Å². The quantitative estimate of drug-likeness (QED) is 0.676. The van der Waals surface area contributed by atoms with Crippen LogP contribution in [-0.2, 0) is 24.2 Å². The van der Waals surface area contributed by atoms with Crippen molar-refractivity contribution >= 4 is 5.91 Å². The van der Waals surface area contributed by atoms with Crippen LogP contribution in [0.25, 0.3) is 0 Å². The molecule has 4 nitrogen and oxygen atoms in total. The largest absolute Gasteiger partial charge is 0.356 e. The first-order valence-corrected chi connectivity index (χ1v) is 8.76. The van der Waals surface area contributed by atoms with Crippen molar-refractivity contribution in [2.45, 2.75) is 25.8 Å². The first kappa shape index (κ1) is 17.9. The van der Waals surface area contributed by atoms with Crippen LogP contribution in [0, 0.1) is 5.82 Å². The van der Waals surface area contributed by atoms with E-state index < -0.39 is 0 Å². The lowest BCUT2D eigenvalue weighted by molar-refractivity contribution is -0.121. The van der Waals surface area contributed by atoms with Crippen LogP contribution in [0.15, 0.2) is 67.0 Å². The van der Waals surface area contributed by atoms with Gasteiger partial charge in [0.05, 0.1) is 0 Å². The molecule has 1 N–H and O–H groups in total. The second-order valence-corrected chi connectivity index (χ2v) is 6.15. The zero-order valence-electron chi connectivity index (χ0n) is 14.6. The van der Waals surface area contributed by atoms with Crippen molar-refractivity contribution in [1.29, 1.82) is 0 Å². The highest BCUT2D eigenvalue weighted by Crippen LogP contribution is 2.09. The van der Waals surface area contributed by atoms with Crippen LogP contribution >= 0.6 is 0 Å². The third-order valence-electron chi connectivity index (χ3n) is 4.25. The topological polar surface area (TPSA) is 46.9 Å².